The number of nitrogens with one attached hydrogen (secondary N) is 1. The first kappa shape index (κ1) is 23.8. The minimum absolute atomic E-state index is 0.0666. The van der Waals surface area contributed by atoms with E-state index >= 15 is 0 Å². The van der Waals surface area contributed by atoms with Crippen LogP contribution in [0.4, 0.5) is 0 Å². The number of hydrogen-bond donors (Lipinski definition) is 1. The Bertz CT molecular complexity index is 1400. The molecule has 4 rings (SSSR count). The fraction of sp³-hybridized carbons (Fsp3) is 0.250. The molecule has 0 saturated heterocycles. The SMILES string of the molecule is CCS(=O)(=O)c1ccc(CNC(=O)c2ccc3c(c2)cc(Cc2ccccc2)n3C(C)C)cc1. The fourth-order valence-corrected chi connectivity index (χ4v) is 5.14. The molecule has 5 nitrogen and oxygen atoms in total. The van der Waals surface area contributed by atoms with Gasteiger partial charge in [0.05, 0.1) is 10.6 Å². The van der Waals surface area contributed by atoms with Crippen LogP contribution in [0.1, 0.15) is 54.0 Å². The van der Waals surface area contributed by atoms with Crippen molar-refractivity contribution in [2.45, 2.75) is 44.7 Å². The molecule has 34 heavy (non-hydrogen) atoms. The molecule has 0 saturated carbocycles. The maximum Gasteiger partial charge on any atom is 0.251 e. The third kappa shape index (κ3) is 5.07. The zero-order valence-electron chi connectivity index (χ0n) is 19.8. The fourth-order valence-electron chi connectivity index (χ4n) is 4.25. The number of hydrogen-bond acceptors (Lipinski definition) is 3. The molecule has 0 unspecified atom stereocenters. The second-order valence-corrected chi connectivity index (χ2v) is 11.0. The van der Waals surface area contributed by atoms with Crippen LogP contribution in [0.5, 0.6) is 0 Å². The third-order valence-electron chi connectivity index (χ3n) is 6.04. The molecule has 0 aliphatic rings. The molecule has 1 N–H and O–H groups in total. The molecule has 0 fully saturated rings. The quantitative estimate of drug-likeness (QED) is 0.365. The number of nitrogens with zero attached hydrogens (tertiary/aromatic N) is 1. The molecule has 1 aromatic heterocycles. The standard InChI is InChI=1S/C28H30N2O3S/c1-4-34(32,33)26-13-10-22(11-14-26)19-29-28(31)23-12-15-27-24(17-23)18-25(30(27)20(2)3)16-21-8-6-5-7-9-21/h5-15,17-18,20H,4,16,19H2,1-3H3,(H,29,31). The predicted octanol–water partition coefficient (Wildman–Crippen LogP) is 5.54. The highest BCUT2D eigenvalue weighted by Gasteiger charge is 2.15. The zero-order valence-corrected chi connectivity index (χ0v) is 20.6. The number of carbonyl (C=O) groups is 1. The van der Waals surface area contributed by atoms with Gasteiger partial charge in [0.15, 0.2) is 9.84 Å². The van der Waals surface area contributed by atoms with Crippen LogP contribution in [0, 0.1) is 0 Å². The first-order chi connectivity index (χ1) is 16.3. The zero-order chi connectivity index (χ0) is 24.3. The van der Waals surface area contributed by atoms with Crippen molar-refractivity contribution in [3.05, 3.63) is 101 Å². The number of rotatable bonds is 8. The Morgan fingerprint density at radius 3 is 2.26 bits per heavy atom. The summed E-state index contributed by atoms with van der Waals surface area (Å²) in [5, 5.41) is 3.98. The highest BCUT2D eigenvalue weighted by atomic mass is 32.2. The number of benzene rings is 3. The van der Waals surface area contributed by atoms with Crippen molar-refractivity contribution in [1.29, 1.82) is 0 Å². The van der Waals surface area contributed by atoms with Gasteiger partial charge < -0.3 is 9.88 Å². The maximum atomic E-state index is 12.8. The minimum Gasteiger partial charge on any atom is -0.348 e. The molecule has 0 spiro atoms. The average molecular weight is 475 g/mol. The van der Waals surface area contributed by atoms with E-state index in [1.807, 2.05) is 24.3 Å². The van der Waals surface area contributed by atoms with Crippen molar-refractivity contribution in [3.8, 4) is 0 Å². The highest BCUT2D eigenvalue weighted by Crippen LogP contribution is 2.27. The van der Waals surface area contributed by atoms with Gasteiger partial charge in [-0.25, -0.2) is 8.42 Å². The number of aromatic nitrogens is 1. The van der Waals surface area contributed by atoms with Crippen molar-refractivity contribution < 1.29 is 13.2 Å². The van der Waals surface area contributed by atoms with E-state index in [9.17, 15) is 13.2 Å². The lowest BCUT2D eigenvalue weighted by molar-refractivity contribution is 0.0951. The molecule has 1 heterocycles. The molecule has 4 aromatic rings. The van der Waals surface area contributed by atoms with Crippen molar-refractivity contribution in [3.63, 3.8) is 0 Å². The van der Waals surface area contributed by atoms with Crippen LogP contribution in [0.3, 0.4) is 0 Å². The molecule has 3 aromatic carbocycles. The van der Waals surface area contributed by atoms with E-state index in [0.29, 0.717) is 23.0 Å². The summed E-state index contributed by atoms with van der Waals surface area (Å²) in [6, 6.07) is 25.3. The largest absolute Gasteiger partial charge is 0.348 e. The van der Waals surface area contributed by atoms with Crippen LogP contribution in [0.15, 0.2) is 83.8 Å². The van der Waals surface area contributed by atoms with Gasteiger partial charge in [-0.3, -0.25) is 4.79 Å². The smallest absolute Gasteiger partial charge is 0.251 e. The number of sulfone groups is 1. The van der Waals surface area contributed by atoms with Crippen molar-refractivity contribution in [1.82, 2.24) is 9.88 Å². The van der Waals surface area contributed by atoms with Gasteiger partial charge in [0.1, 0.15) is 0 Å². The molecule has 0 radical (unpaired) electrons. The Morgan fingerprint density at radius 1 is 0.912 bits per heavy atom. The summed E-state index contributed by atoms with van der Waals surface area (Å²) < 4.78 is 26.3. The summed E-state index contributed by atoms with van der Waals surface area (Å²) in [4.78, 5) is 13.1. The molecular weight excluding hydrogens is 444 g/mol. The van der Waals surface area contributed by atoms with E-state index in [4.69, 9.17) is 0 Å². The Balaban J connectivity index is 1.52. The Morgan fingerprint density at radius 2 is 1.62 bits per heavy atom. The highest BCUT2D eigenvalue weighted by molar-refractivity contribution is 7.91. The third-order valence-corrected chi connectivity index (χ3v) is 7.79. The van der Waals surface area contributed by atoms with Crippen molar-refractivity contribution in [2.24, 2.45) is 0 Å². The van der Waals surface area contributed by atoms with E-state index in [1.165, 1.54) is 11.3 Å². The number of carbonyl (C=O) groups excluding carboxylic acids is 1. The van der Waals surface area contributed by atoms with E-state index in [0.717, 1.165) is 22.9 Å². The first-order valence-corrected chi connectivity index (χ1v) is 13.2. The molecule has 0 bridgehead atoms. The lowest BCUT2D eigenvalue weighted by Crippen LogP contribution is -2.22. The minimum atomic E-state index is -3.23. The molecule has 0 atom stereocenters. The molecular formula is C28H30N2O3S. The normalized spacial score (nSPS) is 11.8. The van der Waals surface area contributed by atoms with Crippen LogP contribution in [0.2, 0.25) is 0 Å². The average Bonchev–Trinajstić information content (AvgIpc) is 3.20. The molecule has 0 aliphatic heterocycles. The molecule has 176 valence electrons. The predicted molar refractivity (Wildman–Crippen MR) is 137 cm³/mol. The number of fused-ring (bicyclic) bond motifs is 1. The molecule has 1 amide bonds. The van der Waals surface area contributed by atoms with E-state index in [1.54, 1.807) is 31.2 Å². The van der Waals surface area contributed by atoms with Gasteiger partial charge in [-0.1, -0.05) is 49.4 Å². The van der Waals surface area contributed by atoms with Crippen LogP contribution in [-0.4, -0.2) is 24.6 Å². The van der Waals surface area contributed by atoms with Gasteiger partial charge in [0, 0.05) is 41.2 Å². The summed E-state index contributed by atoms with van der Waals surface area (Å²) in [7, 11) is -3.23. The summed E-state index contributed by atoms with van der Waals surface area (Å²) in [5.41, 5.74) is 5.04. The summed E-state index contributed by atoms with van der Waals surface area (Å²) in [6.45, 7) is 6.30. The van der Waals surface area contributed by atoms with Crippen LogP contribution in [0.25, 0.3) is 10.9 Å². The maximum absolute atomic E-state index is 12.8. The molecule has 0 aliphatic carbocycles. The van der Waals surface area contributed by atoms with E-state index in [2.05, 4.69) is 54.1 Å². The topological polar surface area (TPSA) is 68.2 Å². The lowest BCUT2D eigenvalue weighted by atomic mass is 10.1. The Kier molecular flexibility index (Phi) is 6.89. The second-order valence-electron chi connectivity index (χ2n) is 8.77. The lowest BCUT2D eigenvalue weighted by Gasteiger charge is -2.15. The van der Waals surface area contributed by atoms with Gasteiger partial charge in [-0.15, -0.1) is 0 Å². The van der Waals surface area contributed by atoms with Crippen molar-refractivity contribution in [2.75, 3.05) is 5.75 Å². The van der Waals surface area contributed by atoms with Crippen molar-refractivity contribution >= 4 is 26.6 Å². The van der Waals surface area contributed by atoms with Gasteiger partial charge in [0.25, 0.3) is 5.91 Å². The summed E-state index contributed by atoms with van der Waals surface area (Å²) in [5.74, 6) is -0.0917. The first-order valence-electron chi connectivity index (χ1n) is 11.6. The summed E-state index contributed by atoms with van der Waals surface area (Å²) >= 11 is 0. The van der Waals surface area contributed by atoms with Crippen LogP contribution >= 0.6 is 0 Å². The van der Waals surface area contributed by atoms with Gasteiger partial charge >= 0.3 is 0 Å². The second kappa shape index (κ2) is 9.85. The molecule has 6 heteroatoms. The van der Waals surface area contributed by atoms with Crippen LogP contribution < -0.4 is 5.32 Å². The monoisotopic (exact) mass is 474 g/mol. The Labute approximate surface area is 201 Å². The van der Waals surface area contributed by atoms with Gasteiger partial charge in [-0.2, -0.15) is 0 Å². The van der Waals surface area contributed by atoms with E-state index in [-0.39, 0.29) is 11.7 Å². The Hall–Kier alpha value is -3.38. The van der Waals surface area contributed by atoms with E-state index < -0.39 is 9.84 Å². The number of amides is 1. The van der Waals surface area contributed by atoms with Crippen LogP contribution in [-0.2, 0) is 22.8 Å². The summed E-state index contributed by atoms with van der Waals surface area (Å²) in [6.07, 6.45) is 0.832. The van der Waals surface area contributed by atoms with Gasteiger partial charge in [-0.05, 0) is 61.4 Å². The van der Waals surface area contributed by atoms with Gasteiger partial charge in [0.2, 0.25) is 0 Å².